The highest BCUT2D eigenvalue weighted by molar-refractivity contribution is 9.10. The van der Waals surface area contributed by atoms with E-state index in [0.29, 0.717) is 4.47 Å². The predicted molar refractivity (Wildman–Crippen MR) is 97.1 cm³/mol. The van der Waals surface area contributed by atoms with Crippen molar-refractivity contribution in [1.29, 1.82) is 0 Å². The van der Waals surface area contributed by atoms with Gasteiger partial charge in [-0.3, -0.25) is 4.79 Å². The fourth-order valence-electron chi connectivity index (χ4n) is 1.94. The van der Waals surface area contributed by atoms with E-state index in [1.54, 1.807) is 6.07 Å². The van der Waals surface area contributed by atoms with Gasteiger partial charge in [-0.25, -0.2) is 18.4 Å². The number of phenols is 1. The number of amides is 1. The van der Waals surface area contributed by atoms with Gasteiger partial charge in [-0.15, -0.1) is 0 Å². The maximum absolute atomic E-state index is 12.2. The lowest BCUT2D eigenvalue weighted by Gasteiger charge is -2.14. The zero-order valence-electron chi connectivity index (χ0n) is 13.5. The Morgan fingerprint density at radius 3 is 2.58 bits per heavy atom. The Labute approximate surface area is 158 Å². The maximum atomic E-state index is 12.2. The fraction of sp³-hybridized carbons (Fsp3) is 0.125. The number of phenolic OH excluding ortho intramolecular Hbond substituents is 1. The number of benzene rings is 2. The molecule has 0 fully saturated rings. The number of rotatable bonds is 5. The summed E-state index contributed by atoms with van der Waals surface area (Å²) < 4.78 is 28.3. The lowest BCUT2D eigenvalue weighted by molar-refractivity contribution is -0.123. The molecule has 26 heavy (non-hydrogen) atoms. The predicted octanol–water partition coefficient (Wildman–Crippen LogP) is 1.99. The number of carbonyl (C=O) groups excluding carboxylic acids is 2. The SMILES string of the molecule is CC(OC(=O)c1cc(Br)ccc1O)C(=O)Nc1cccc(S(N)(=O)=O)c1. The number of halogens is 1. The maximum Gasteiger partial charge on any atom is 0.342 e. The van der Waals surface area contributed by atoms with E-state index in [9.17, 15) is 23.1 Å². The molecular weight excluding hydrogens is 428 g/mol. The van der Waals surface area contributed by atoms with E-state index in [4.69, 9.17) is 9.88 Å². The Kier molecular flexibility index (Phi) is 6.01. The summed E-state index contributed by atoms with van der Waals surface area (Å²) in [5, 5.41) is 17.2. The summed E-state index contributed by atoms with van der Waals surface area (Å²) in [6, 6.07) is 9.54. The largest absolute Gasteiger partial charge is 0.507 e. The molecular formula is C16H15BrN2O6S. The first-order valence-corrected chi connectivity index (χ1v) is 9.55. The number of hydrogen-bond acceptors (Lipinski definition) is 6. The molecule has 2 aromatic rings. The highest BCUT2D eigenvalue weighted by atomic mass is 79.9. The second kappa shape index (κ2) is 7.85. The Balaban J connectivity index is 2.08. The quantitative estimate of drug-likeness (QED) is 0.605. The molecule has 1 unspecified atom stereocenters. The number of nitrogens with two attached hydrogens (primary N) is 1. The fourth-order valence-corrected chi connectivity index (χ4v) is 2.86. The monoisotopic (exact) mass is 442 g/mol. The third-order valence-corrected chi connectivity index (χ3v) is 4.67. The van der Waals surface area contributed by atoms with Gasteiger partial charge < -0.3 is 15.2 Å². The molecule has 2 aromatic carbocycles. The lowest BCUT2D eigenvalue weighted by Crippen LogP contribution is -2.30. The third-order valence-electron chi connectivity index (χ3n) is 3.26. The van der Waals surface area contributed by atoms with E-state index in [1.165, 1.54) is 43.3 Å². The number of aromatic hydroxyl groups is 1. The summed E-state index contributed by atoms with van der Waals surface area (Å²) in [5.74, 6) is -1.85. The molecule has 0 bridgehead atoms. The van der Waals surface area contributed by atoms with Crippen molar-refractivity contribution in [2.24, 2.45) is 5.14 Å². The summed E-state index contributed by atoms with van der Waals surface area (Å²) in [6.07, 6.45) is -1.20. The van der Waals surface area contributed by atoms with Gasteiger partial charge in [0.15, 0.2) is 6.10 Å². The van der Waals surface area contributed by atoms with Crippen LogP contribution in [0, 0.1) is 0 Å². The van der Waals surface area contributed by atoms with E-state index >= 15 is 0 Å². The van der Waals surface area contributed by atoms with Gasteiger partial charge in [0, 0.05) is 10.2 Å². The minimum atomic E-state index is -3.91. The van der Waals surface area contributed by atoms with Crippen LogP contribution in [0.2, 0.25) is 0 Å². The van der Waals surface area contributed by atoms with Gasteiger partial charge in [0.1, 0.15) is 11.3 Å². The Morgan fingerprint density at radius 1 is 1.23 bits per heavy atom. The highest BCUT2D eigenvalue weighted by Crippen LogP contribution is 2.23. The summed E-state index contributed by atoms with van der Waals surface area (Å²) in [4.78, 5) is 24.1. The summed E-state index contributed by atoms with van der Waals surface area (Å²) in [7, 11) is -3.91. The molecule has 4 N–H and O–H groups in total. The van der Waals surface area contributed by atoms with Crippen LogP contribution >= 0.6 is 15.9 Å². The molecule has 138 valence electrons. The van der Waals surface area contributed by atoms with Crippen molar-refractivity contribution in [1.82, 2.24) is 0 Å². The number of sulfonamides is 1. The van der Waals surface area contributed by atoms with Crippen molar-refractivity contribution < 1.29 is 27.9 Å². The van der Waals surface area contributed by atoms with Gasteiger partial charge in [-0.05, 0) is 43.3 Å². The first-order valence-electron chi connectivity index (χ1n) is 7.21. The lowest BCUT2D eigenvalue weighted by atomic mass is 10.2. The Hall–Kier alpha value is -2.43. The van der Waals surface area contributed by atoms with Gasteiger partial charge in [0.2, 0.25) is 10.0 Å². The molecule has 0 aliphatic carbocycles. The van der Waals surface area contributed by atoms with Crippen LogP contribution in [-0.2, 0) is 19.6 Å². The van der Waals surface area contributed by atoms with E-state index in [0.717, 1.165) is 0 Å². The standard InChI is InChI=1S/C16H15BrN2O6S/c1-9(25-16(22)13-7-10(17)5-6-14(13)20)15(21)19-11-3-2-4-12(8-11)26(18,23)24/h2-9,20H,1H3,(H,19,21)(H2,18,23,24). The number of nitrogens with one attached hydrogen (secondary N) is 1. The number of ether oxygens (including phenoxy) is 1. The topological polar surface area (TPSA) is 136 Å². The van der Waals surface area contributed by atoms with Gasteiger partial charge in [0.25, 0.3) is 5.91 Å². The van der Waals surface area contributed by atoms with Crippen LogP contribution in [0.5, 0.6) is 5.75 Å². The average molecular weight is 443 g/mol. The van der Waals surface area contributed by atoms with Crippen molar-refractivity contribution in [3.8, 4) is 5.75 Å². The van der Waals surface area contributed by atoms with Gasteiger partial charge in [-0.1, -0.05) is 22.0 Å². The number of hydrogen-bond donors (Lipinski definition) is 3. The molecule has 0 spiro atoms. The van der Waals surface area contributed by atoms with Crippen LogP contribution in [0.25, 0.3) is 0 Å². The normalized spacial score (nSPS) is 12.3. The molecule has 8 nitrogen and oxygen atoms in total. The summed E-state index contributed by atoms with van der Waals surface area (Å²) in [5.41, 5.74) is 0.0741. The minimum Gasteiger partial charge on any atom is -0.507 e. The van der Waals surface area contributed by atoms with Crippen molar-refractivity contribution in [3.05, 3.63) is 52.5 Å². The van der Waals surface area contributed by atoms with Crippen LogP contribution in [0.3, 0.4) is 0 Å². The third kappa shape index (κ3) is 5.04. The van der Waals surface area contributed by atoms with Crippen LogP contribution in [0.4, 0.5) is 5.69 Å². The van der Waals surface area contributed by atoms with Crippen molar-refractivity contribution in [2.75, 3.05) is 5.32 Å². The number of primary sulfonamides is 1. The second-order valence-corrected chi connectivity index (χ2v) is 7.75. The average Bonchev–Trinajstić information content (AvgIpc) is 2.56. The van der Waals surface area contributed by atoms with Crippen LogP contribution in [0.15, 0.2) is 51.8 Å². The zero-order valence-corrected chi connectivity index (χ0v) is 15.9. The van der Waals surface area contributed by atoms with Crippen LogP contribution < -0.4 is 10.5 Å². The van der Waals surface area contributed by atoms with Crippen molar-refractivity contribution in [3.63, 3.8) is 0 Å². The van der Waals surface area contributed by atoms with E-state index < -0.39 is 28.0 Å². The summed E-state index contributed by atoms with van der Waals surface area (Å²) in [6.45, 7) is 1.34. The first-order chi connectivity index (χ1) is 12.1. The van der Waals surface area contributed by atoms with Gasteiger partial charge in [0.05, 0.1) is 4.90 Å². The molecule has 0 heterocycles. The van der Waals surface area contributed by atoms with E-state index in [2.05, 4.69) is 21.2 Å². The molecule has 1 amide bonds. The molecule has 0 aromatic heterocycles. The van der Waals surface area contributed by atoms with Crippen molar-refractivity contribution in [2.45, 2.75) is 17.9 Å². The van der Waals surface area contributed by atoms with Crippen LogP contribution in [-0.4, -0.2) is 31.5 Å². The molecule has 10 heteroatoms. The minimum absolute atomic E-state index is 0.102. The molecule has 0 aliphatic rings. The van der Waals surface area contributed by atoms with Gasteiger partial charge in [-0.2, -0.15) is 0 Å². The van der Waals surface area contributed by atoms with Crippen molar-refractivity contribution >= 4 is 43.5 Å². The molecule has 0 saturated carbocycles. The number of esters is 1. The molecule has 1 atom stereocenters. The Bertz CT molecular complexity index is 961. The molecule has 2 rings (SSSR count). The molecule has 0 saturated heterocycles. The first kappa shape index (κ1) is 19.9. The molecule has 0 aliphatic heterocycles. The number of anilines is 1. The van der Waals surface area contributed by atoms with E-state index in [1.807, 2.05) is 0 Å². The number of carbonyl (C=O) groups is 2. The Morgan fingerprint density at radius 2 is 1.92 bits per heavy atom. The molecule has 0 radical (unpaired) electrons. The second-order valence-electron chi connectivity index (χ2n) is 5.27. The zero-order chi connectivity index (χ0) is 19.5. The summed E-state index contributed by atoms with van der Waals surface area (Å²) >= 11 is 3.17. The highest BCUT2D eigenvalue weighted by Gasteiger charge is 2.21. The van der Waals surface area contributed by atoms with Gasteiger partial charge >= 0.3 is 5.97 Å². The van der Waals surface area contributed by atoms with E-state index in [-0.39, 0.29) is 21.9 Å². The van der Waals surface area contributed by atoms with Crippen LogP contribution in [0.1, 0.15) is 17.3 Å². The smallest absolute Gasteiger partial charge is 0.342 e.